The lowest BCUT2D eigenvalue weighted by molar-refractivity contribution is -0.162. The van der Waals surface area contributed by atoms with Crippen LogP contribution in [0.3, 0.4) is 0 Å². The number of Topliss-reactive ketones (excluding diaryl/α,β-unsaturated/α-hetero) is 1. The summed E-state index contributed by atoms with van der Waals surface area (Å²) >= 11 is 0. The van der Waals surface area contributed by atoms with Gasteiger partial charge in [0.05, 0.1) is 6.61 Å². The largest absolute Gasteiger partial charge is 0.479 e. The van der Waals surface area contributed by atoms with Crippen LogP contribution < -0.4 is 0 Å². The van der Waals surface area contributed by atoms with E-state index in [1.54, 1.807) is 0 Å². The van der Waals surface area contributed by atoms with E-state index in [1.165, 1.54) is 51.4 Å². The van der Waals surface area contributed by atoms with E-state index < -0.39 is 37.6 Å². The molecule has 0 aliphatic rings. The Bertz CT molecular complexity index is 688. The Balaban J connectivity index is 4.80. The zero-order valence-corrected chi connectivity index (χ0v) is 23.6. The van der Waals surface area contributed by atoms with Crippen molar-refractivity contribution in [2.75, 3.05) is 6.61 Å². The number of carboxylic acids is 1. The summed E-state index contributed by atoms with van der Waals surface area (Å²) in [6.07, 6.45) is 17.5. The quantitative estimate of drug-likeness (QED) is 0.0728. The molecule has 9 heteroatoms. The third kappa shape index (κ3) is 13.1. The predicted molar refractivity (Wildman–Crippen MR) is 141 cm³/mol. The molecule has 0 spiro atoms. The summed E-state index contributed by atoms with van der Waals surface area (Å²) in [5.74, 6) is -3.71. The van der Waals surface area contributed by atoms with Crippen molar-refractivity contribution in [3.63, 3.8) is 0 Å². The molecule has 2 N–H and O–H groups in total. The van der Waals surface area contributed by atoms with Crippen molar-refractivity contribution in [1.82, 2.24) is 4.67 Å². The SMILES string of the molecule is CCCCCCCCCCCC(=O)N(P(=O)=O)C(CO)(C(=O)O)C(=O)CCCCCCCCCCC. The molecule has 0 aliphatic heterocycles. The molecule has 1 unspecified atom stereocenters. The average Bonchev–Trinajstić information content (AvgIpc) is 2.84. The van der Waals surface area contributed by atoms with Crippen LogP contribution in [0.15, 0.2) is 0 Å². The van der Waals surface area contributed by atoms with Crippen molar-refractivity contribution in [3.8, 4) is 0 Å². The number of aliphatic hydroxyl groups is 1. The lowest BCUT2D eigenvalue weighted by Gasteiger charge is -2.32. The number of hydrogen-bond donors (Lipinski definition) is 2. The summed E-state index contributed by atoms with van der Waals surface area (Å²) in [5, 5.41) is 19.7. The smallest absolute Gasteiger partial charge is 0.430 e. The molecule has 0 bridgehead atoms. The first-order valence-electron chi connectivity index (χ1n) is 14.1. The number of nitrogens with zero attached hydrogens (tertiary/aromatic N) is 1. The molecule has 36 heavy (non-hydrogen) atoms. The zero-order valence-electron chi connectivity index (χ0n) is 22.7. The van der Waals surface area contributed by atoms with Crippen LogP contribution in [0.2, 0.25) is 0 Å². The second kappa shape index (κ2) is 21.5. The summed E-state index contributed by atoms with van der Waals surface area (Å²) in [6.45, 7) is 3.05. The van der Waals surface area contributed by atoms with Crippen molar-refractivity contribution in [1.29, 1.82) is 0 Å². The molecule has 0 aromatic heterocycles. The highest BCUT2D eigenvalue weighted by molar-refractivity contribution is 7.29. The number of carboxylic acid groups (broad SMARTS) is 1. The van der Waals surface area contributed by atoms with E-state index in [0.29, 0.717) is 25.7 Å². The second-order valence-electron chi connectivity index (χ2n) is 9.85. The van der Waals surface area contributed by atoms with Crippen LogP contribution in [0.5, 0.6) is 0 Å². The standard InChI is InChI=1S/C27H50NO7P/c1-3-5-7-9-11-13-15-17-19-21-24(30)27(23-29,26(32)33)28(36(34)35)25(31)22-20-18-16-14-12-10-8-6-4-2/h29H,3-23H2,1-2H3,(H,32,33). The maximum atomic E-state index is 12.9. The molecule has 0 aromatic carbocycles. The van der Waals surface area contributed by atoms with Crippen molar-refractivity contribution in [2.45, 2.75) is 148 Å². The minimum absolute atomic E-state index is 0.103. The molecule has 210 valence electrons. The van der Waals surface area contributed by atoms with Gasteiger partial charge >= 0.3 is 13.8 Å². The normalized spacial score (nSPS) is 12.8. The summed E-state index contributed by atoms with van der Waals surface area (Å²) in [7, 11) is -3.71. The first-order valence-corrected chi connectivity index (χ1v) is 15.3. The molecule has 1 amide bonds. The van der Waals surface area contributed by atoms with Gasteiger partial charge in [0, 0.05) is 12.8 Å². The molecule has 0 aromatic rings. The molecule has 0 heterocycles. The van der Waals surface area contributed by atoms with Gasteiger partial charge in [0.15, 0.2) is 5.78 Å². The van der Waals surface area contributed by atoms with Crippen LogP contribution in [-0.2, 0) is 23.5 Å². The van der Waals surface area contributed by atoms with Gasteiger partial charge in [0.1, 0.15) is 0 Å². The monoisotopic (exact) mass is 531 g/mol. The fourth-order valence-electron chi connectivity index (χ4n) is 4.49. The molecule has 0 fully saturated rings. The minimum Gasteiger partial charge on any atom is -0.479 e. The van der Waals surface area contributed by atoms with Crippen molar-refractivity contribution in [3.05, 3.63) is 0 Å². The van der Waals surface area contributed by atoms with Crippen LogP contribution in [0.25, 0.3) is 0 Å². The molecule has 0 rings (SSSR count). The van der Waals surface area contributed by atoms with Gasteiger partial charge in [-0.05, 0) is 12.8 Å². The fourth-order valence-corrected chi connectivity index (χ4v) is 5.31. The fraction of sp³-hybridized carbons (Fsp3) is 0.889. The molecule has 8 nitrogen and oxygen atoms in total. The van der Waals surface area contributed by atoms with E-state index in [4.69, 9.17) is 0 Å². The van der Waals surface area contributed by atoms with Gasteiger partial charge in [0.25, 0.3) is 0 Å². The van der Waals surface area contributed by atoms with Gasteiger partial charge in [-0.3, -0.25) is 9.59 Å². The van der Waals surface area contributed by atoms with Gasteiger partial charge < -0.3 is 10.2 Å². The summed E-state index contributed by atoms with van der Waals surface area (Å²) in [5.41, 5.74) is -2.79. The first kappa shape index (κ1) is 34.5. The molecule has 1 atom stereocenters. The number of aliphatic carboxylic acids is 1. The molecular formula is C27H50NO7P. The number of hydrogen-bond acceptors (Lipinski definition) is 6. The Hall–Kier alpha value is -1.53. The third-order valence-corrected chi connectivity index (χ3v) is 7.70. The van der Waals surface area contributed by atoms with Gasteiger partial charge in [-0.25, -0.2) is 18.6 Å². The van der Waals surface area contributed by atoms with E-state index in [2.05, 4.69) is 13.8 Å². The second-order valence-corrected chi connectivity index (χ2v) is 10.7. The number of ketones is 1. The Morgan fingerprint density at radius 2 is 1.00 bits per heavy atom. The predicted octanol–water partition coefficient (Wildman–Crippen LogP) is 7.13. The van der Waals surface area contributed by atoms with Gasteiger partial charge in [-0.2, -0.15) is 0 Å². The highest BCUT2D eigenvalue weighted by Crippen LogP contribution is 2.32. The maximum Gasteiger partial charge on any atom is 0.430 e. The average molecular weight is 532 g/mol. The van der Waals surface area contributed by atoms with E-state index in [-0.39, 0.29) is 17.5 Å². The van der Waals surface area contributed by atoms with Gasteiger partial charge in [0.2, 0.25) is 11.4 Å². The first-order chi connectivity index (χ1) is 17.3. The number of aliphatic hydroxyl groups excluding tert-OH is 1. The van der Waals surface area contributed by atoms with Crippen molar-refractivity contribution < 1.29 is 33.7 Å². The Kier molecular flexibility index (Phi) is 20.6. The molecule has 0 saturated carbocycles. The number of rotatable bonds is 25. The zero-order chi connectivity index (χ0) is 27.2. The number of amides is 1. The van der Waals surface area contributed by atoms with Gasteiger partial charge in [-0.1, -0.05) is 117 Å². The van der Waals surface area contributed by atoms with Crippen LogP contribution >= 0.6 is 7.83 Å². The lowest BCUT2D eigenvalue weighted by Crippen LogP contribution is -2.61. The Morgan fingerprint density at radius 1 is 0.639 bits per heavy atom. The molecule has 0 aliphatic carbocycles. The van der Waals surface area contributed by atoms with E-state index in [9.17, 15) is 33.7 Å². The van der Waals surface area contributed by atoms with Crippen LogP contribution in [-0.4, -0.2) is 44.7 Å². The topological polar surface area (TPSA) is 129 Å². The maximum absolute atomic E-state index is 12.9. The van der Waals surface area contributed by atoms with Crippen LogP contribution in [0, 0.1) is 0 Å². The van der Waals surface area contributed by atoms with E-state index in [1.807, 2.05) is 0 Å². The Morgan fingerprint density at radius 3 is 1.33 bits per heavy atom. The number of carbonyl (C=O) groups is 3. The number of unbranched alkanes of at least 4 members (excludes halogenated alkanes) is 16. The minimum atomic E-state index is -3.71. The summed E-state index contributed by atoms with van der Waals surface area (Å²) in [6, 6.07) is 0. The molecular weight excluding hydrogens is 481 g/mol. The lowest BCUT2D eigenvalue weighted by atomic mass is 9.90. The summed E-state index contributed by atoms with van der Waals surface area (Å²) < 4.78 is 24.0. The highest BCUT2D eigenvalue weighted by Gasteiger charge is 2.54. The van der Waals surface area contributed by atoms with E-state index >= 15 is 0 Å². The van der Waals surface area contributed by atoms with E-state index in [0.717, 1.165) is 38.5 Å². The van der Waals surface area contributed by atoms with Gasteiger partial charge in [-0.15, -0.1) is 0 Å². The Labute approximate surface area is 218 Å². The van der Waals surface area contributed by atoms with Crippen LogP contribution in [0.4, 0.5) is 0 Å². The highest BCUT2D eigenvalue weighted by atomic mass is 31.1. The van der Waals surface area contributed by atoms with Crippen LogP contribution in [0.1, 0.15) is 142 Å². The van der Waals surface area contributed by atoms with Crippen molar-refractivity contribution in [2.24, 2.45) is 0 Å². The number of carbonyl (C=O) groups excluding carboxylic acids is 2. The summed E-state index contributed by atoms with van der Waals surface area (Å²) in [4.78, 5) is 37.7. The molecule has 0 radical (unpaired) electrons. The third-order valence-electron chi connectivity index (χ3n) is 6.81. The van der Waals surface area contributed by atoms with Crippen molar-refractivity contribution >= 4 is 25.5 Å². The molecule has 0 saturated heterocycles.